The first kappa shape index (κ1) is 16.8. The average molecular weight is 389 g/mol. The summed E-state index contributed by atoms with van der Waals surface area (Å²) in [5.74, 6) is -0.182. The lowest BCUT2D eigenvalue weighted by atomic mass is 10.2. The molecule has 1 aliphatic rings. The Hall–Kier alpha value is -2.66. The second kappa shape index (κ2) is 7.30. The van der Waals surface area contributed by atoms with Crippen LogP contribution in [0.4, 0.5) is 5.00 Å². The van der Waals surface area contributed by atoms with Crippen molar-refractivity contribution in [2.24, 2.45) is 0 Å². The van der Waals surface area contributed by atoms with Crippen molar-refractivity contribution < 1.29 is 9.59 Å². The molecule has 1 atom stereocenters. The summed E-state index contributed by atoms with van der Waals surface area (Å²) in [5, 5.41) is 11.1. The smallest absolute Gasteiger partial charge is 0.266 e. The monoisotopic (exact) mass is 389 g/mol. The molecule has 1 saturated heterocycles. The number of aromatic nitrogens is 5. The number of carbonyl (C=O) groups is 2. The first-order valence-electron chi connectivity index (χ1n) is 8.01. The number of rotatable bonds is 5. The lowest BCUT2D eigenvalue weighted by molar-refractivity contribution is -0.132. The van der Waals surface area contributed by atoms with Gasteiger partial charge in [0.2, 0.25) is 5.91 Å². The summed E-state index contributed by atoms with van der Waals surface area (Å²) in [4.78, 5) is 32.3. The Morgan fingerprint density at radius 2 is 2.27 bits per heavy atom. The van der Waals surface area contributed by atoms with Crippen molar-refractivity contribution in [2.45, 2.75) is 25.4 Å². The molecular formula is C15H15N7O2S2. The van der Waals surface area contributed by atoms with E-state index in [9.17, 15) is 9.59 Å². The van der Waals surface area contributed by atoms with E-state index in [0.717, 1.165) is 29.3 Å². The first-order valence-corrected chi connectivity index (χ1v) is 9.60. The van der Waals surface area contributed by atoms with Gasteiger partial charge in [-0.25, -0.2) is 9.67 Å². The Labute approximate surface area is 156 Å². The summed E-state index contributed by atoms with van der Waals surface area (Å²) < 4.78 is 5.24. The average Bonchev–Trinajstić information content (AvgIpc) is 3.39. The molecule has 11 heteroatoms. The van der Waals surface area contributed by atoms with Crippen molar-refractivity contribution in [3.63, 3.8) is 0 Å². The summed E-state index contributed by atoms with van der Waals surface area (Å²) in [6, 6.07) is 3.72. The highest BCUT2D eigenvalue weighted by atomic mass is 32.1. The largest absolute Gasteiger partial charge is 0.333 e. The molecule has 1 unspecified atom stereocenters. The summed E-state index contributed by atoms with van der Waals surface area (Å²) in [7, 11) is 0. The fourth-order valence-electron chi connectivity index (χ4n) is 2.95. The van der Waals surface area contributed by atoms with Crippen LogP contribution < -0.4 is 5.32 Å². The summed E-state index contributed by atoms with van der Waals surface area (Å²) in [5.41, 5.74) is 0. The molecule has 1 fully saturated rings. The zero-order valence-electron chi connectivity index (χ0n) is 13.6. The highest BCUT2D eigenvalue weighted by molar-refractivity contribution is 7.14. The second-order valence-electron chi connectivity index (χ2n) is 5.78. The van der Waals surface area contributed by atoms with Crippen molar-refractivity contribution in [1.82, 2.24) is 29.3 Å². The standard InChI is InChI=1S/C15H15N7O2S2/c23-14(7-21-9-16-8-18-21)22-5-1-2-10(22)11-3-4-12(25-11)15(24)19-13-6-17-20-26-13/h3-4,6,8-10H,1-2,5,7H2,(H,19,24). The van der Waals surface area contributed by atoms with E-state index < -0.39 is 0 Å². The maximum atomic E-state index is 12.6. The molecule has 9 nitrogen and oxygen atoms in total. The Morgan fingerprint density at radius 1 is 1.35 bits per heavy atom. The molecule has 26 heavy (non-hydrogen) atoms. The minimum Gasteiger partial charge on any atom is -0.333 e. The van der Waals surface area contributed by atoms with Crippen LogP contribution in [-0.4, -0.2) is 47.6 Å². The third-order valence-electron chi connectivity index (χ3n) is 4.11. The topological polar surface area (TPSA) is 106 Å². The Morgan fingerprint density at radius 3 is 3.04 bits per heavy atom. The van der Waals surface area contributed by atoms with Crippen LogP contribution >= 0.6 is 22.9 Å². The normalized spacial score (nSPS) is 16.8. The highest BCUT2D eigenvalue weighted by Crippen LogP contribution is 2.36. The predicted octanol–water partition coefficient (Wildman–Crippen LogP) is 1.81. The first-order chi connectivity index (χ1) is 12.7. The molecule has 3 aromatic heterocycles. The lowest BCUT2D eigenvalue weighted by Crippen LogP contribution is -2.33. The van der Waals surface area contributed by atoms with E-state index in [1.54, 1.807) is 6.07 Å². The molecule has 4 rings (SSSR count). The van der Waals surface area contributed by atoms with Crippen molar-refractivity contribution in [3.8, 4) is 0 Å². The highest BCUT2D eigenvalue weighted by Gasteiger charge is 2.31. The fourth-order valence-corrected chi connectivity index (χ4v) is 4.42. The number of nitrogens with zero attached hydrogens (tertiary/aromatic N) is 6. The summed E-state index contributed by atoms with van der Waals surface area (Å²) >= 11 is 2.54. The van der Waals surface area contributed by atoms with Gasteiger partial charge in [0.15, 0.2) is 0 Å². The van der Waals surface area contributed by atoms with E-state index in [1.165, 1.54) is 34.9 Å². The van der Waals surface area contributed by atoms with Crippen LogP contribution in [0, 0.1) is 0 Å². The number of likely N-dealkylation sites (tertiary alicyclic amines) is 1. The maximum absolute atomic E-state index is 12.6. The van der Waals surface area contributed by atoms with Gasteiger partial charge in [-0.2, -0.15) is 5.10 Å². The third-order valence-corrected chi connectivity index (χ3v) is 5.88. The van der Waals surface area contributed by atoms with Gasteiger partial charge < -0.3 is 10.2 Å². The predicted molar refractivity (Wildman–Crippen MR) is 95.9 cm³/mol. The number of carbonyl (C=O) groups excluding carboxylic acids is 2. The Kier molecular flexibility index (Phi) is 4.71. The molecule has 4 heterocycles. The van der Waals surface area contributed by atoms with E-state index in [4.69, 9.17) is 0 Å². The fraction of sp³-hybridized carbons (Fsp3) is 0.333. The van der Waals surface area contributed by atoms with E-state index >= 15 is 0 Å². The van der Waals surface area contributed by atoms with E-state index in [1.807, 2.05) is 11.0 Å². The molecule has 134 valence electrons. The van der Waals surface area contributed by atoms with Crippen LogP contribution in [0.5, 0.6) is 0 Å². The number of anilines is 1. The van der Waals surface area contributed by atoms with Crippen LogP contribution in [-0.2, 0) is 11.3 Å². The number of thiophene rings is 1. The zero-order chi connectivity index (χ0) is 17.9. The summed E-state index contributed by atoms with van der Waals surface area (Å²) in [6.45, 7) is 0.887. The number of hydrogen-bond acceptors (Lipinski definition) is 8. The molecule has 1 N–H and O–H groups in total. The number of hydrogen-bond donors (Lipinski definition) is 1. The van der Waals surface area contributed by atoms with Gasteiger partial charge in [-0.05, 0) is 25.0 Å². The van der Waals surface area contributed by atoms with Crippen LogP contribution in [0.3, 0.4) is 0 Å². The zero-order valence-corrected chi connectivity index (χ0v) is 15.2. The van der Waals surface area contributed by atoms with Gasteiger partial charge >= 0.3 is 0 Å². The quantitative estimate of drug-likeness (QED) is 0.713. The van der Waals surface area contributed by atoms with Gasteiger partial charge in [0.1, 0.15) is 24.2 Å². The van der Waals surface area contributed by atoms with E-state index in [0.29, 0.717) is 16.4 Å². The summed E-state index contributed by atoms with van der Waals surface area (Å²) in [6.07, 6.45) is 6.30. The Bertz CT molecular complexity index is 891. The third kappa shape index (κ3) is 3.48. The molecule has 0 aromatic carbocycles. The second-order valence-corrected chi connectivity index (χ2v) is 7.68. The molecule has 0 bridgehead atoms. The minimum absolute atomic E-state index is 0.00245. The van der Waals surface area contributed by atoms with Crippen LogP contribution in [0.1, 0.15) is 33.4 Å². The van der Waals surface area contributed by atoms with Crippen molar-refractivity contribution in [2.75, 3.05) is 11.9 Å². The van der Waals surface area contributed by atoms with E-state index in [-0.39, 0.29) is 24.4 Å². The van der Waals surface area contributed by atoms with Crippen molar-refractivity contribution in [1.29, 1.82) is 0 Å². The minimum atomic E-state index is -0.189. The van der Waals surface area contributed by atoms with Crippen LogP contribution in [0.25, 0.3) is 0 Å². The SMILES string of the molecule is O=C(Nc1cnns1)c1ccc(C2CCCN2C(=O)Cn2cncn2)s1. The molecule has 3 aromatic rings. The maximum Gasteiger partial charge on any atom is 0.266 e. The number of amides is 2. The Balaban J connectivity index is 1.45. The lowest BCUT2D eigenvalue weighted by Gasteiger charge is -2.23. The molecule has 0 saturated carbocycles. The van der Waals surface area contributed by atoms with Gasteiger partial charge in [-0.1, -0.05) is 4.49 Å². The molecule has 0 aliphatic carbocycles. The van der Waals surface area contributed by atoms with Gasteiger partial charge in [0.25, 0.3) is 5.91 Å². The van der Waals surface area contributed by atoms with Gasteiger partial charge in [0.05, 0.1) is 17.1 Å². The van der Waals surface area contributed by atoms with Gasteiger partial charge in [0, 0.05) is 23.0 Å². The molecule has 0 spiro atoms. The number of nitrogens with one attached hydrogen (secondary N) is 1. The van der Waals surface area contributed by atoms with Crippen molar-refractivity contribution in [3.05, 3.63) is 40.7 Å². The molecule has 2 amide bonds. The van der Waals surface area contributed by atoms with E-state index in [2.05, 4.69) is 25.0 Å². The van der Waals surface area contributed by atoms with Crippen LogP contribution in [0.15, 0.2) is 31.0 Å². The molecule has 1 aliphatic heterocycles. The van der Waals surface area contributed by atoms with Crippen LogP contribution in [0.2, 0.25) is 0 Å². The molecule has 0 radical (unpaired) electrons. The van der Waals surface area contributed by atoms with Gasteiger partial charge in [-0.15, -0.1) is 16.4 Å². The molecular weight excluding hydrogens is 374 g/mol. The van der Waals surface area contributed by atoms with Gasteiger partial charge in [-0.3, -0.25) is 9.59 Å². The van der Waals surface area contributed by atoms with Crippen molar-refractivity contribution >= 4 is 39.7 Å².